The Morgan fingerprint density at radius 3 is 2.35 bits per heavy atom. The first-order valence-corrected chi connectivity index (χ1v) is 5.43. The van der Waals surface area contributed by atoms with Crippen molar-refractivity contribution in [1.82, 2.24) is 9.97 Å². The van der Waals surface area contributed by atoms with Gasteiger partial charge in [0.25, 0.3) is 0 Å². The number of rotatable bonds is 1. The van der Waals surface area contributed by atoms with Crippen molar-refractivity contribution in [2.24, 2.45) is 0 Å². The number of hydrogen-bond acceptors (Lipinski definition) is 2. The number of aryl methyl sites for hydroxylation is 1. The van der Waals surface area contributed by atoms with Crippen LogP contribution in [0.3, 0.4) is 0 Å². The van der Waals surface area contributed by atoms with Gasteiger partial charge in [0.1, 0.15) is 22.1 Å². The number of halogens is 2. The minimum absolute atomic E-state index is 0.0957. The molecule has 2 rings (SSSR count). The summed E-state index contributed by atoms with van der Waals surface area (Å²) in [5.41, 5.74) is 0.814. The van der Waals surface area contributed by atoms with Gasteiger partial charge in [0.15, 0.2) is 0 Å². The number of aromatic amines is 1. The first-order chi connectivity index (χ1) is 8.00. The Bertz CT molecular complexity index is 615. The molecule has 1 N–H and O–H groups in total. The predicted molar refractivity (Wildman–Crippen MR) is 64.2 cm³/mol. The Hall–Kier alpha value is -1.62. The van der Waals surface area contributed by atoms with Gasteiger partial charge in [-0.3, -0.25) is 0 Å². The smallest absolute Gasteiger partial charge is 0.135 e. The van der Waals surface area contributed by atoms with Crippen molar-refractivity contribution in [2.45, 2.75) is 13.8 Å². The van der Waals surface area contributed by atoms with Crippen LogP contribution in [0.25, 0.3) is 11.3 Å². The molecule has 0 amide bonds. The number of aromatic nitrogens is 2. The summed E-state index contributed by atoms with van der Waals surface area (Å²) in [5.74, 6) is -0.716. The highest BCUT2D eigenvalue weighted by molar-refractivity contribution is 7.71. The second kappa shape index (κ2) is 4.33. The highest BCUT2D eigenvalue weighted by atomic mass is 32.1. The summed E-state index contributed by atoms with van der Waals surface area (Å²) in [4.78, 5) is 6.89. The van der Waals surface area contributed by atoms with Gasteiger partial charge in [0.2, 0.25) is 0 Å². The van der Waals surface area contributed by atoms with Crippen molar-refractivity contribution < 1.29 is 8.78 Å². The fourth-order valence-electron chi connectivity index (χ4n) is 1.63. The summed E-state index contributed by atoms with van der Waals surface area (Å²) in [5, 5.41) is 0. The monoisotopic (exact) mass is 252 g/mol. The molecule has 0 atom stereocenters. The van der Waals surface area contributed by atoms with Crippen molar-refractivity contribution >= 4 is 12.2 Å². The summed E-state index contributed by atoms with van der Waals surface area (Å²) in [7, 11) is 0. The molecule has 88 valence electrons. The van der Waals surface area contributed by atoms with E-state index in [4.69, 9.17) is 12.2 Å². The zero-order valence-electron chi connectivity index (χ0n) is 9.34. The molecule has 0 saturated carbocycles. The number of nitrogens with one attached hydrogen (secondary N) is 1. The summed E-state index contributed by atoms with van der Waals surface area (Å²) < 4.78 is 27.7. The molecule has 1 aromatic carbocycles. The first-order valence-electron chi connectivity index (χ1n) is 5.02. The molecule has 5 heteroatoms. The van der Waals surface area contributed by atoms with Crippen molar-refractivity contribution in [3.8, 4) is 11.3 Å². The van der Waals surface area contributed by atoms with Gasteiger partial charge in [0.05, 0.1) is 11.3 Å². The number of nitrogens with zero attached hydrogens (tertiary/aromatic N) is 1. The first kappa shape index (κ1) is 11.9. The highest BCUT2D eigenvalue weighted by Crippen LogP contribution is 2.27. The lowest BCUT2D eigenvalue weighted by molar-refractivity contribution is 0.588. The normalized spacial score (nSPS) is 10.6. The Balaban J connectivity index is 2.82. The van der Waals surface area contributed by atoms with Crippen LogP contribution in [0.5, 0.6) is 0 Å². The van der Waals surface area contributed by atoms with Crippen molar-refractivity contribution in [3.63, 3.8) is 0 Å². The molecular formula is C12H10F2N2S. The number of benzene rings is 1. The molecule has 1 aromatic heterocycles. The lowest BCUT2D eigenvalue weighted by Gasteiger charge is -2.09. The molecule has 0 saturated heterocycles. The second-order valence-electron chi connectivity index (χ2n) is 3.72. The minimum Gasteiger partial charge on any atom is -0.343 e. The number of hydrogen-bond donors (Lipinski definition) is 1. The van der Waals surface area contributed by atoms with Crippen molar-refractivity contribution in [3.05, 3.63) is 45.9 Å². The van der Waals surface area contributed by atoms with E-state index in [0.29, 0.717) is 21.7 Å². The van der Waals surface area contributed by atoms with Crippen LogP contribution in [0.15, 0.2) is 18.2 Å². The van der Waals surface area contributed by atoms with Crippen LogP contribution >= 0.6 is 12.2 Å². The fraction of sp³-hybridized carbons (Fsp3) is 0.167. The van der Waals surface area contributed by atoms with Crippen molar-refractivity contribution in [2.75, 3.05) is 0 Å². The van der Waals surface area contributed by atoms with Crippen LogP contribution in [0.4, 0.5) is 8.78 Å². The van der Waals surface area contributed by atoms with E-state index >= 15 is 0 Å². The van der Waals surface area contributed by atoms with Gasteiger partial charge in [-0.15, -0.1) is 0 Å². The summed E-state index contributed by atoms with van der Waals surface area (Å²) in [6.07, 6.45) is 0. The third-order valence-electron chi connectivity index (χ3n) is 2.48. The average molecular weight is 252 g/mol. The van der Waals surface area contributed by atoms with E-state index in [2.05, 4.69) is 9.97 Å². The molecule has 2 nitrogen and oxygen atoms in total. The Labute approximate surface area is 102 Å². The lowest BCUT2D eigenvalue weighted by Crippen LogP contribution is -2.00. The maximum Gasteiger partial charge on any atom is 0.135 e. The quantitative estimate of drug-likeness (QED) is 0.784. The van der Waals surface area contributed by atoms with Crippen LogP contribution in [0.2, 0.25) is 0 Å². The van der Waals surface area contributed by atoms with Crippen LogP contribution in [0, 0.1) is 30.1 Å². The van der Waals surface area contributed by atoms with Crippen LogP contribution in [-0.4, -0.2) is 9.97 Å². The molecule has 0 aliphatic carbocycles. The van der Waals surface area contributed by atoms with E-state index in [1.54, 1.807) is 13.8 Å². The van der Waals surface area contributed by atoms with Gasteiger partial charge >= 0.3 is 0 Å². The maximum absolute atomic E-state index is 13.7. The zero-order valence-corrected chi connectivity index (χ0v) is 10.2. The van der Waals surface area contributed by atoms with Gasteiger partial charge in [-0.1, -0.05) is 18.3 Å². The molecule has 1 heterocycles. The average Bonchev–Trinajstić information content (AvgIpc) is 2.24. The molecule has 0 aliphatic heterocycles. The van der Waals surface area contributed by atoms with Gasteiger partial charge in [-0.05, 0) is 26.0 Å². The van der Waals surface area contributed by atoms with Gasteiger partial charge in [-0.25, -0.2) is 13.8 Å². The van der Waals surface area contributed by atoms with E-state index in [9.17, 15) is 8.78 Å². The van der Waals surface area contributed by atoms with Crippen LogP contribution in [0.1, 0.15) is 11.4 Å². The van der Waals surface area contributed by atoms with Gasteiger partial charge in [0, 0.05) is 5.56 Å². The minimum atomic E-state index is -0.621. The van der Waals surface area contributed by atoms with E-state index in [-0.39, 0.29) is 5.56 Å². The molecule has 2 aromatic rings. The molecule has 0 bridgehead atoms. The zero-order chi connectivity index (χ0) is 12.6. The van der Waals surface area contributed by atoms with Crippen LogP contribution in [-0.2, 0) is 0 Å². The SMILES string of the molecule is Cc1nc(=S)c(C)c(-c2c(F)cccc2F)[nH]1. The molecule has 0 fully saturated rings. The third-order valence-corrected chi connectivity index (χ3v) is 2.88. The van der Waals surface area contributed by atoms with Crippen LogP contribution < -0.4 is 0 Å². The predicted octanol–water partition coefficient (Wildman–Crippen LogP) is 3.70. The van der Waals surface area contributed by atoms with Crippen molar-refractivity contribution in [1.29, 1.82) is 0 Å². The van der Waals surface area contributed by atoms with Gasteiger partial charge in [-0.2, -0.15) is 0 Å². The van der Waals surface area contributed by atoms with Gasteiger partial charge < -0.3 is 4.98 Å². The summed E-state index contributed by atoms with van der Waals surface area (Å²) in [6, 6.07) is 3.75. The Morgan fingerprint density at radius 1 is 1.18 bits per heavy atom. The van der Waals surface area contributed by atoms with E-state index in [1.165, 1.54) is 18.2 Å². The van der Waals surface area contributed by atoms with E-state index in [1.807, 2.05) is 0 Å². The topological polar surface area (TPSA) is 28.7 Å². The third kappa shape index (κ3) is 2.10. The molecule has 0 radical (unpaired) electrons. The summed E-state index contributed by atoms with van der Waals surface area (Å²) >= 11 is 5.04. The summed E-state index contributed by atoms with van der Waals surface area (Å²) in [6.45, 7) is 3.38. The second-order valence-corrected chi connectivity index (χ2v) is 4.11. The lowest BCUT2D eigenvalue weighted by atomic mass is 10.1. The molecule has 0 aliphatic rings. The molecule has 0 spiro atoms. The molecular weight excluding hydrogens is 242 g/mol. The Kier molecular flexibility index (Phi) is 3.02. The molecule has 17 heavy (non-hydrogen) atoms. The van der Waals surface area contributed by atoms with E-state index < -0.39 is 11.6 Å². The number of H-pyrrole nitrogens is 1. The highest BCUT2D eigenvalue weighted by Gasteiger charge is 2.14. The van der Waals surface area contributed by atoms with E-state index in [0.717, 1.165) is 0 Å². The fourth-order valence-corrected chi connectivity index (χ4v) is 1.87. The standard InChI is InChI=1S/C12H10F2N2S/c1-6-11(15-7(2)16-12(6)17)10-8(13)4-3-5-9(10)14/h3-5H,1-2H3,(H,15,16,17). The molecule has 0 unspecified atom stereocenters. The Morgan fingerprint density at radius 2 is 1.76 bits per heavy atom. The maximum atomic E-state index is 13.7. The largest absolute Gasteiger partial charge is 0.343 e.